The van der Waals surface area contributed by atoms with Crippen molar-refractivity contribution >= 4 is 11.8 Å². The second-order valence-corrected chi connectivity index (χ2v) is 6.19. The van der Waals surface area contributed by atoms with Crippen LogP contribution in [0.25, 0.3) is 5.69 Å². The van der Waals surface area contributed by atoms with Crippen LogP contribution in [0.2, 0.25) is 0 Å². The molecule has 0 amide bonds. The van der Waals surface area contributed by atoms with Crippen molar-refractivity contribution in [2.75, 3.05) is 5.75 Å². The number of nitrogens with zero attached hydrogens (tertiary/aromatic N) is 4. The van der Waals surface area contributed by atoms with Gasteiger partial charge in [0, 0.05) is 5.75 Å². The Bertz CT molecular complexity index is 549. The number of tetrazole rings is 1. The van der Waals surface area contributed by atoms with E-state index in [2.05, 4.69) is 15.5 Å². The van der Waals surface area contributed by atoms with Crippen LogP contribution in [0.15, 0.2) is 29.4 Å². The Morgan fingerprint density at radius 1 is 1.15 bits per heavy atom. The molecule has 1 saturated carbocycles. The van der Waals surface area contributed by atoms with Crippen molar-refractivity contribution in [3.8, 4) is 11.4 Å². The fourth-order valence-corrected chi connectivity index (χ4v) is 3.65. The maximum absolute atomic E-state index is 9.33. The van der Waals surface area contributed by atoms with Gasteiger partial charge in [-0.25, -0.2) is 0 Å². The van der Waals surface area contributed by atoms with Gasteiger partial charge in [-0.15, -0.1) is 5.10 Å². The van der Waals surface area contributed by atoms with E-state index < -0.39 is 0 Å². The summed E-state index contributed by atoms with van der Waals surface area (Å²) >= 11 is 1.72. The Morgan fingerprint density at radius 2 is 1.90 bits per heavy atom. The standard InChI is InChI=1S/C14H18N4OS/c19-13-8-6-12(7-9-13)18-14(15-16-17-18)20-10-11-4-2-1-3-5-11/h6-9,11,19H,1-5,10H2. The van der Waals surface area contributed by atoms with Crippen molar-refractivity contribution < 1.29 is 5.11 Å². The van der Waals surface area contributed by atoms with Crippen LogP contribution in [0.3, 0.4) is 0 Å². The predicted octanol–water partition coefficient (Wildman–Crippen LogP) is 3.04. The molecule has 3 rings (SSSR count). The minimum atomic E-state index is 0.248. The molecule has 0 unspecified atom stereocenters. The van der Waals surface area contributed by atoms with E-state index in [4.69, 9.17) is 0 Å². The monoisotopic (exact) mass is 290 g/mol. The number of hydrogen-bond acceptors (Lipinski definition) is 5. The highest BCUT2D eigenvalue weighted by molar-refractivity contribution is 7.99. The lowest BCUT2D eigenvalue weighted by Gasteiger charge is -2.20. The maximum atomic E-state index is 9.33. The van der Waals surface area contributed by atoms with Gasteiger partial charge in [0.1, 0.15) is 5.75 Å². The highest BCUT2D eigenvalue weighted by Crippen LogP contribution is 2.29. The molecule has 1 aromatic heterocycles. The molecule has 1 aromatic carbocycles. The quantitative estimate of drug-likeness (QED) is 0.877. The molecule has 0 radical (unpaired) electrons. The van der Waals surface area contributed by atoms with Gasteiger partial charge in [-0.2, -0.15) is 4.68 Å². The number of aromatic hydroxyl groups is 1. The van der Waals surface area contributed by atoms with E-state index in [-0.39, 0.29) is 5.75 Å². The van der Waals surface area contributed by atoms with Gasteiger partial charge in [0.25, 0.3) is 0 Å². The summed E-state index contributed by atoms with van der Waals surface area (Å²) < 4.78 is 1.73. The van der Waals surface area contributed by atoms with Crippen LogP contribution in [-0.2, 0) is 0 Å². The fraction of sp³-hybridized carbons (Fsp3) is 0.500. The van der Waals surface area contributed by atoms with Crippen LogP contribution in [-0.4, -0.2) is 31.1 Å². The summed E-state index contributed by atoms with van der Waals surface area (Å²) in [5.74, 6) is 2.12. The molecule has 2 aromatic rings. The van der Waals surface area contributed by atoms with Gasteiger partial charge in [-0.1, -0.05) is 31.0 Å². The molecule has 1 aliphatic rings. The third-order valence-corrected chi connectivity index (χ3v) is 4.86. The summed E-state index contributed by atoms with van der Waals surface area (Å²) in [6.07, 6.45) is 6.75. The first-order valence-corrected chi connectivity index (χ1v) is 8.02. The van der Waals surface area contributed by atoms with E-state index >= 15 is 0 Å². The van der Waals surface area contributed by atoms with E-state index in [1.54, 1.807) is 28.6 Å². The number of aromatic nitrogens is 4. The van der Waals surface area contributed by atoms with Crippen LogP contribution in [0.4, 0.5) is 0 Å². The Kier molecular flexibility index (Phi) is 4.20. The second kappa shape index (κ2) is 6.26. The first-order valence-electron chi connectivity index (χ1n) is 7.03. The van der Waals surface area contributed by atoms with E-state index in [1.165, 1.54) is 32.1 Å². The molecule has 20 heavy (non-hydrogen) atoms. The Morgan fingerprint density at radius 3 is 2.65 bits per heavy atom. The number of rotatable bonds is 4. The smallest absolute Gasteiger partial charge is 0.214 e. The molecule has 0 spiro atoms. The minimum absolute atomic E-state index is 0.248. The van der Waals surface area contributed by atoms with Crippen LogP contribution >= 0.6 is 11.8 Å². The lowest BCUT2D eigenvalue weighted by atomic mass is 9.91. The average Bonchev–Trinajstić information content (AvgIpc) is 2.95. The zero-order chi connectivity index (χ0) is 13.8. The molecule has 0 bridgehead atoms. The average molecular weight is 290 g/mol. The molecule has 1 aliphatic carbocycles. The highest BCUT2D eigenvalue weighted by atomic mass is 32.2. The molecular formula is C14H18N4OS. The molecule has 0 aliphatic heterocycles. The fourth-order valence-electron chi connectivity index (χ4n) is 2.57. The molecule has 1 N–H and O–H groups in total. The number of phenolic OH excluding ortho intramolecular Hbond substituents is 1. The molecule has 5 nitrogen and oxygen atoms in total. The van der Waals surface area contributed by atoms with Crippen LogP contribution in [0.5, 0.6) is 5.75 Å². The van der Waals surface area contributed by atoms with Gasteiger partial charge in [0.05, 0.1) is 5.69 Å². The first-order chi connectivity index (χ1) is 9.83. The summed E-state index contributed by atoms with van der Waals surface area (Å²) in [6, 6.07) is 6.92. The molecule has 1 heterocycles. The predicted molar refractivity (Wildman–Crippen MR) is 78.1 cm³/mol. The highest BCUT2D eigenvalue weighted by Gasteiger charge is 2.16. The van der Waals surface area contributed by atoms with Gasteiger partial charge >= 0.3 is 0 Å². The molecular weight excluding hydrogens is 272 g/mol. The summed E-state index contributed by atoms with van der Waals surface area (Å²) in [5, 5.41) is 22.1. The SMILES string of the molecule is Oc1ccc(-n2nnnc2SCC2CCCCC2)cc1. The van der Waals surface area contributed by atoms with Crippen molar-refractivity contribution in [1.82, 2.24) is 20.2 Å². The first kappa shape index (κ1) is 13.4. The molecule has 1 fully saturated rings. The topological polar surface area (TPSA) is 63.8 Å². The van der Waals surface area contributed by atoms with E-state index in [1.807, 2.05) is 12.1 Å². The van der Waals surface area contributed by atoms with Crippen LogP contribution in [0.1, 0.15) is 32.1 Å². The van der Waals surface area contributed by atoms with Crippen molar-refractivity contribution in [2.45, 2.75) is 37.3 Å². The Balaban J connectivity index is 1.68. The Labute approximate surface area is 122 Å². The normalized spacial score (nSPS) is 16.4. The lowest BCUT2D eigenvalue weighted by Crippen LogP contribution is -2.09. The summed E-state index contributed by atoms with van der Waals surface area (Å²) in [5.41, 5.74) is 0.874. The third kappa shape index (κ3) is 3.12. The van der Waals surface area contributed by atoms with Crippen molar-refractivity contribution in [2.24, 2.45) is 5.92 Å². The largest absolute Gasteiger partial charge is 0.508 e. The number of phenols is 1. The molecule has 0 atom stereocenters. The third-order valence-electron chi connectivity index (χ3n) is 3.71. The van der Waals surface area contributed by atoms with Gasteiger partial charge < -0.3 is 5.11 Å². The number of hydrogen-bond donors (Lipinski definition) is 1. The van der Waals surface area contributed by atoms with Crippen LogP contribution in [0, 0.1) is 5.92 Å². The van der Waals surface area contributed by atoms with Crippen molar-refractivity contribution in [3.05, 3.63) is 24.3 Å². The minimum Gasteiger partial charge on any atom is -0.508 e. The Hall–Kier alpha value is -1.56. The zero-order valence-corrected chi connectivity index (χ0v) is 12.1. The van der Waals surface area contributed by atoms with Gasteiger partial charge in [0.2, 0.25) is 5.16 Å². The van der Waals surface area contributed by atoms with E-state index in [0.717, 1.165) is 22.5 Å². The molecule has 0 saturated heterocycles. The van der Waals surface area contributed by atoms with Gasteiger partial charge in [-0.3, -0.25) is 0 Å². The summed E-state index contributed by atoms with van der Waals surface area (Å²) in [6.45, 7) is 0. The lowest BCUT2D eigenvalue weighted by molar-refractivity contribution is 0.390. The van der Waals surface area contributed by atoms with Crippen molar-refractivity contribution in [3.63, 3.8) is 0 Å². The number of benzene rings is 1. The van der Waals surface area contributed by atoms with E-state index in [0.29, 0.717) is 0 Å². The van der Waals surface area contributed by atoms with E-state index in [9.17, 15) is 5.11 Å². The van der Waals surface area contributed by atoms with Gasteiger partial charge in [-0.05, 0) is 53.5 Å². The molecule has 6 heteroatoms. The second-order valence-electron chi connectivity index (χ2n) is 5.20. The number of thioether (sulfide) groups is 1. The molecule has 106 valence electrons. The summed E-state index contributed by atoms with van der Waals surface area (Å²) in [4.78, 5) is 0. The van der Waals surface area contributed by atoms with Gasteiger partial charge in [0.15, 0.2) is 0 Å². The van der Waals surface area contributed by atoms with Crippen molar-refractivity contribution in [1.29, 1.82) is 0 Å². The summed E-state index contributed by atoms with van der Waals surface area (Å²) in [7, 11) is 0. The van der Waals surface area contributed by atoms with Crippen LogP contribution < -0.4 is 0 Å². The zero-order valence-electron chi connectivity index (χ0n) is 11.3. The maximum Gasteiger partial charge on any atom is 0.214 e.